The van der Waals surface area contributed by atoms with Crippen molar-refractivity contribution in [3.63, 3.8) is 0 Å². The van der Waals surface area contributed by atoms with E-state index in [1.807, 2.05) is 12.1 Å². The minimum absolute atomic E-state index is 0.111. The van der Waals surface area contributed by atoms with Crippen LogP contribution in [0.5, 0.6) is 0 Å². The summed E-state index contributed by atoms with van der Waals surface area (Å²) in [5, 5.41) is 3.10. The van der Waals surface area contributed by atoms with E-state index in [0.717, 1.165) is 25.7 Å². The molecule has 0 unspecified atom stereocenters. The van der Waals surface area contributed by atoms with Gasteiger partial charge in [-0.15, -0.1) is 0 Å². The molecular formula is C17H22N2O3. The number of hydrogen-bond donors (Lipinski definition) is 1. The SMILES string of the molecule is C[C@H](C(=O)NC1CCCCCC1)n1c(=O)oc2ccccc21. The van der Waals surface area contributed by atoms with E-state index in [1.165, 1.54) is 17.4 Å². The van der Waals surface area contributed by atoms with Crippen molar-refractivity contribution in [3.8, 4) is 0 Å². The zero-order valence-electron chi connectivity index (χ0n) is 12.9. The van der Waals surface area contributed by atoms with Crippen molar-refractivity contribution in [2.45, 2.75) is 57.5 Å². The van der Waals surface area contributed by atoms with E-state index >= 15 is 0 Å². The number of oxazole rings is 1. The van der Waals surface area contributed by atoms with Crippen LogP contribution in [0.4, 0.5) is 0 Å². The molecule has 1 aromatic heterocycles. The van der Waals surface area contributed by atoms with Gasteiger partial charge in [-0.25, -0.2) is 4.79 Å². The second-order valence-corrected chi connectivity index (χ2v) is 6.08. The summed E-state index contributed by atoms with van der Waals surface area (Å²) in [5.74, 6) is -0.592. The van der Waals surface area contributed by atoms with Gasteiger partial charge in [0.15, 0.2) is 5.58 Å². The molecule has 1 aromatic carbocycles. The Morgan fingerprint density at radius 1 is 1.23 bits per heavy atom. The molecule has 1 fully saturated rings. The van der Waals surface area contributed by atoms with Crippen LogP contribution in [-0.4, -0.2) is 16.5 Å². The molecule has 118 valence electrons. The Morgan fingerprint density at radius 3 is 2.64 bits per heavy atom. The van der Waals surface area contributed by atoms with Crippen LogP contribution in [-0.2, 0) is 4.79 Å². The molecule has 5 heteroatoms. The van der Waals surface area contributed by atoms with Crippen LogP contribution < -0.4 is 11.1 Å². The summed E-state index contributed by atoms with van der Waals surface area (Å²) in [6.45, 7) is 1.75. The first-order chi connectivity index (χ1) is 10.7. The lowest BCUT2D eigenvalue weighted by molar-refractivity contribution is -0.124. The smallest absolute Gasteiger partial charge is 0.408 e. The molecule has 3 rings (SSSR count). The van der Waals surface area contributed by atoms with Gasteiger partial charge in [-0.05, 0) is 31.9 Å². The molecule has 1 saturated carbocycles. The van der Waals surface area contributed by atoms with E-state index in [1.54, 1.807) is 19.1 Å². The summed E-state index contributed by atoms with van der Waals surface area (Å²) < 4.78 is 6.64. The Labute approximate surface area is 129 Å². The van der Waals surface area contributed by atoms with E-state index in [0.29, 0.717) is 11.1 Å². The minimum atomic E-state index is -0.570. The predicted octanol–water partition coefficient (Wildman–Crippen LogP) is 2.99. The molecule has 0 radical (unpaired) electrons. The van der Waals surface area contributed by atoms with E-state index in [2.05, 4.69) is 5.32 Å². The van der Waals surface area contributed by atoms with Crippen LogP contribution >= 0.6 is 0 Å². The highest BCUT2D eigenvalue weighted by Gasteiger charge is 2.23. The lowest BCUT2D eigenvalue weighted by Gasteiger charge is -2.19. The zero-order valence-corrected chi connectivity index (χ0v) is 12.9. The van der Waals surface area contributed by atoms with Crippen LogP contribution in [0.3, 0.4) is 0 Å². The van der Waals surface area contributed by atoms with Crippen molar-refractivity contribution in [1.82, 2.24) is 9.88 Å². The second-order valence-electron chi connectivity index (χ2n) is 6.08. The van der Waals surface area contributed by atoms with Crippen molar-refractivity contribution in [2.75, 3.05) is 0 Å². The van der Waals surface area contributed by atoms with Gasteiger partial charge in [0.25, 0.3) is 0 Å². The molecule has 5 nitrogen and oxygen atoms in total. The lowest BCUT2D eigenvalue weighted by atomic mass is 10.1. The molecule has 1 N–H and O–H groups in total. The standard InChI is InChI=1S/C17H22N2O3/c1-12(16(20)18-13-8-4-2-3-5-9-13)19-14-10-6-7-11-15(14)22-17(19)21/h6-7,10-13H,2-5,8-9H2,1H3,(H,18,20)/t12-/m1/s1. The van der Waals surface area contributed by atoms with Gasteiger partial charge in [0.05, 0.1) is 5.52 Å². The van der Waals surface area contributed by atoms with Crippen LogP contribution in [0.1, 0.15) is 51.5 Å². The molecule has 1 aliphatic rings. The fraction of sp³-hybridized carbons (Fsp3) is 0.529. The summed E-state index contributed by atoms with van der Waals surface area (Å²) in [6.07, 6.45) is 6.86. The summed E-state index contributed by atoms with van der Waals surface area (Å²) in [5.41, 5.74) is 1.18. The van der Waals surface area contributed by atoms with Crippen LogP contribution in [0.25, 0.3) is 11.1 Å². The highest BCUT2D eigenvalue weighted by Crippen LogP contribution is 2.20. The largest absolute Gasteiger partial charge is 0.420 e. The van der Waals surface area contributed by atoms with Crippen molar-refractivity contribution in [1.29, 1.82) is 0 Å². The summed E-state index contributed by atoms with van der Waals surface area (Å²) in [7, 11) is 0. The lowest BCUT2D eigenvalue weighted by Crippen LogP contribution is -2.40. The first kappa shape index (κ1) is 14.9. The van der Waals surface area contributed by atoms with Crippen LogP contribution in [0.15, 0.2) is 33.5 Å². The highest BCUT2D eigenvalue weighted by molar-refractivity contribution is 5.83. The monoisotopic (exact) mass is 302 g/mol. The van der Waals surface area contributed by atoms with Gasteiger partial charge >= 0.3 is 5.76 Å². The molecule has 22 heavy (non-hydrogen) atoms. The molecule has 0 bridgehead atoms. The molecule has 1 heterocycles. The van der Waals surface area contributed by atoms with E-state index < -0.39 is 11.8 Å². The number of rotatable bonds is 3. The average Bonchev–Trinajstić information content (AvgIpc) is 2.67. The van der Waals surface area contributed by atoms with Gasteiger partial charge in [-0.1, -0.05) is 37.8 Å². The van der Waals surface area contributed by atoms with Gasteiger partial charge in [0, 0.05) is 6.04 Å². The number of carbonyl (C=O) groups excluding carboxylic acids is 1. The van der Waals surface area contributed by atoms with Gasteiger partial charge in [-0.2, -0.15) is 0 Å². The molecule has 0 saturated heterocycles. The van der Waals surface area contributed by atoms with Gasteiger partial charge < -0.3 is 9.73 Å². The third kappa shape index (κ3) is 2.93. The number of benzene rings is 1. The number of aromatic nitrogens is 1. The molecule has 1 amide bonds. The number of carbonyl (C=O) groups is 1. The third-order valence-corrected chi connectivity index (χ3v) is 4.49. The summed E-state index contributed by atoms with van der Waals surface area (Å²) in [4.78, 5) is 24.6. The first-order valence-electron chi connectivity index (χ1n) is 8.07. The van der Waals surface area contributed by atoms with Gasteiger partial charge in [-0.3, -0.25) is 9.36 Å². The maximum absolute atomic E-state index is 12.5. The van der Waals surface area contributed by atoms with Crippen LogP contribution in [0.2, 0.25) is 0 Å². The maximum atomic E-state index is 12.5. The number of amides is 1. The average molecular weight is 302 g/mol. The molecule has 2 aromatic rings. The fourth-order valence-electron chi connectivity index (χ4n) is 3.21. The Balaban J connectivity index is 1.79. The number of fused-ring (bicyclic) bond motifs is 1. The number of nitrogens with one attached hydrogen (secondary N) is 1. The Bertz CT molecular complexity index is 708. The highest BCUT2D eigenvalue weighted by atomic mass is 16.4. The number of nitrogens with zero attached hydrogens (tertiary/aromatic N) is 1. The third-order valence-electron chi connectivity index (χ3n) is 4.49. The first-order valence-corrected chi connectivity index (χ1v) is 8.07. The van der Waals surface area contributed by atoms with Crippen LogP contribution in [0, 0.1) is 0 Å². The Morgan fingerprint density at radius 2 is 1.91 bits per heavy atom. The number of hydrogen-bond acceptors (Lipinski definition) is 3. The minimum Gasteiger partial charge on any atom is -0.408 e. The Hall–Kier alpha value is -2.04. The van der Waals surface area contributed by atoms with E-state index in [9.17, 15) is 9.59 Å². The normalized spacial score (nSPS) is 18.0. The van der Waals surface area contributed by atoms with E-state index in [4.69, 9.17) is 4.42 Å². The maximum Gasteiger partial charge on any atom is 0.420 e. The summed E-state index contributed by atoms with van der Waals surface area (Å²) in [6, 6.07) is 6.85. The summed E-state index contributed by atoms with van der Waals surface area (Å²) >= 11 is 0. The molecule has 0 spiro atoms. The zero-order chi connectivity index (χ0) is 15.5. The van der Waals surface area contributed by atoms with Crippen molar-refractivity contribution < 1.29 is 9.21 Å². The van der Waals surface area contributed by atoms with Crippen molar-refractivity contribution in [2.24, 2.45) is 0 Å². The molecular weight excluding hydrogens is 280 g/mol. The van der Waals surface area contributed by atoms with Gasteiger partial charge in [0.1, 0.15) is 6.04 Å². The molecule has 1 atom stereocenters. The molecule has 1 aliphatic carbocycles. The topological polar surface area (TPSA) is 64.2 Å². The fourth-order valence-corrected chi connectivity index (χ4v) is 3.21. The van der Waals surface area contributed by atoms with E-state index in [-0.39, 0.29) is 11.9 Å². The second kappa shape index (κ2) is 6.38. The quantitative estimate of drug-likeness (QED) is 0.886. The Kier molecular flexibility index (Phi) is 4.32. The van der Waals surface area contributed by atoms with Gasteiger partial charge in [0.2, 0.25) is 5.91 Å². The number of para-hydroxylation sites is 2. The van der Waals surface area contributed by atoms with Crippen molar-refractivity contribution in [3.05, 3.63) is 34.8 Å². The molecule has 0 aliphatic heterocycles. The van der Waals surface area contributed by atoms with Crippen molar-refractivity contribution >= 4 is 17.0 Å². The predicted molar refractivity (Wildman–Crippen MR) is 84.8 cm³/mol.